The maximum absolute atomic E-state index is 12.1. The summed E-state index contributed by atoms with van der Waals surface area (Å²) in [5.41, 5.74) is 2.16. The number of benzene rings is 2. The molecule has 0 aliphatic rings. The first-order valence-corrected chi connectivity index (χ1v) is 13.0. The van der Waals surface area contributed by atoms with E-state index in [0.717, 1.165) is 43.2 Å². The summed E-state index contributed by atoms with van der Waals surface area (Å²) in [5.74, 6) is 0.169. The average molecular weight is 479 g/mol. The monoisotopic (exact) mass is 478 g/mol. The van der Waals surface area contributed by atoms with Gasteiger partial charge in [-0.2, -0.15) is 8.42 Å². The number of hydrogen-bond acceptors (Lipinski definition) is 6. The van der Waals surface area contributed by atoms with Crippen LogP contribution in [0.5, 0.6) is 17.2 Å². The van der Waals surface area contributed by atoms with Gasteiger partial charge in [0.05, 0.1) is 25.0 Å². The average Bonchev–Trinajstić information content (AvgIpc) is 2.79. The minimum absolute atomic E-state index is 0.0300. The van der Waals surface area contributed by atoms with E-state index in [4.69, 9.17) is 13.7 Å². The summed E-state index contributed by atoms with van der Waals surface area (Å²) in [7, 11) is -2.17. The van der Waals surface area contributed by atoms with Gasteiger partial charge in [-0.3, -0.25) is 0 Å². The van der Waals surface area contributed by atoms with Crippen LogP contribution >= 0.6 is 0 Å². The van der Waals surface area contributed by atoms with Gasteiger partial charge in [-0.25, -0.2) is 4.79 Å². The number of carboxylic acid groups (broad SMARTS) is 1. The van der Waals surface area contributed by atoms with Gasteiger partial charge >= 0.3 is 16.1 Å². The summed E-state index contributed by atoms with van der Waals surface area (Å²) >= 11 is 0. The molecular weight excluding hydrogens is 444 g/mol. The maximum Gasteiger partial charge on any atom is 0.335 e. The molecule has 2 aromatic carbocycles. The number of ether oxygens (including phenoxy) is 2. The Morgan fingerprint density at radius 3 is 2.33 bits per heavy atom. The van der Waals surface area contributed by atoms with Crippen molar-refractivity contribution in [3.8, 4) is 17.2 Å². The van der Waals surface area contributed by atoms with E-state index >= 15 is 0 Å². The molecule has 0 aliphatic carbocycles. The SMILES string of the molecule is CCCCOc1cc(C(=O)O)ccc1CCCc1ccc(OS(=O)(=O)CCCC)c(OC)c1. The molecule has 0 bridgehead atoms. The van der Waals surface area contributed by atoms with E-state index in [1.165, 1.54) is 7.11 Å². The van der Waals surface area contributed by atoms with E-state index in [1.807, 2.05) is 19.1 Å². The first-order valence-electron chi connectivity index (χ1n) is 11.4. The van der Waals surface area contributed by atoms with Gasteiger partial charge in [0.25, 0.3) is 0 Å². The lowest BCUT2D eigenvalue weighted by atomic mass is 10.0. The number of methoxy groups -OCH3 is 1. The molecule has 8 heteroatoms. The molecule has 0 spiro atoms. The van der Waals surface area contributed by atoms with Crippen molar-refractivity contribution in [1.82, 2.24) is 0 Å². The predicted octanol–water partition coefficient (Wildman–Crippen LogP) is 5.26. The molecule has 0 saturated carbocycles. The van der Waals surface area contributed by atoms with Crippen molar-refractivity contribution < 1.29 is 32.0 Å². The fourth-order valence-electron chi connectivity index (χ4n) is 3.27. The summed E-state index contributed by atoms with van der Waals surface area (Å²) in [4.78, 5) is 11.3. The zero-order valence-corrected chi connectivity index (χ0v) is 20.4. The quantitative estimate of drug-likeness (QED) is 0.275. The smallest absolute Gasteiger partial charge is 0.335 e. The predicted molar refractivity (Wildman–Crippen MR) is 128 cm³/mol. The lowest BCUT2D eigenvalue weighted by Crippen LogP contribution is -2.14. The molecule has 0 aromatic heterocycles. The molecule has 0 aliphatic heterocycles. The van der Waals surface area contributed by atoms with Gasteiger partial charge in [-0.05, 0) is 67.5 Å². The molecule has 0 saturated heterocycles. The van der Waals surface area contributed by atoms with Gasteiger partial charge in [0.1, 0.15) is 5.75 Å². The zero-order chi connectivity index (χ0) is 24.3. The highest BCUT2D eigenvalue weighted by Crippen LogP contribution is 2.30. The van der Waals surface area contributed by atoms with Gasteiger partial charge in [0.2, 0.25) is 0 Å². The van der Waals surface area contributed by atoms with Crippen LogP contribution < -0.4 is 13.7 Å². The molecule has 0 fully saturated rings. The minimum Gasteiger partial charge on any atom is -0.493 e. The third-order valence-electron chi connectivity index (χ3n) is 5.17. The number of unbranched alkanes of at least 4 members (excludes halogenated alkanes) is 2. The summed E-state index contributed by atoms with van der Waals surface area (Å²) in [6.07, 6.45) is 5.45. The topological polar surface area (TPSA) is 99.1 Å². The largest absolute Gasteiger partial charge is 0.493 e. The van der Waals surface area contributed by atoms with Crippen LogP contribution in [-0.2, 0) is 23.0 Å². The van der Waals surface area contributed by atoms with E-state index in [9.17, 15) is 18.3 Å². The third kappa shape index (κ3) is 8.61. The fourth-order valence-corrected chi connectivity index (χ4v) is 4.41. The highest BCUT2D eigenvalue weighted by Gasteiger charge is 2.16. The molecule has 0 amide bonds. The van der Waals surface area contributed by atoms with E-state index in [2.05, 4.69) is 6.92 Å². The van der Waals surface area contributed by atoms with E-state index < -0.39 is 16.1 Å². The first kappa shape index (κ1) is 26.5. The molecule has 0 radical (unpaired) electrons. The molecular formula is C25H34O7S. The summed E-state index contributed by atoms with van der Waals surface area (Å²) in [6.45, 7) is 4.54. The normalized spacial score (nSPS) is 11.2. The van der Waals surface area contributed by atoms with Crippen LogP contribution in [0.1, 0.15) is 67.4 Å². The fraction of sp³-hybridized carbons (Fsp3) is 0.480. The van der Waals surface area contributed by atoms with Gasteiger partial charge in [-0.15, -0.1) is 0 Å². The molecule has 1 N–H and O–H groups in total. The van der Waals surface area contributed by atoms with Crippen LogP contribution in [0.2, 0.25) is 0 Å². The second-order valence-corrected chi connectivity index (χ2v) is 9.56. The molecule has 33 heavy (non-hydrogen) atoms. The number of rotatable bonds is 15. The van der Waals surface area contributed by atoms with E-state index in [-0.39, 0.29) is 17.1 Å². The van der Waals surface area contributed by atoms with E-state index in [1.54, 1.807) is 24.3 Å². The van der Waals surface area contributed by atoms with Gasteiger partial charge in [-0.1, -0.05) is 38.8 Å². The number of hydrogen-bond donors (Lipinski definition) is 1. The molecule has 2 aromatic rings. The van der Waals surface area contributed by atoms with Crippen molar-refractivity contribution in [2.24, 2.45) is 0 Å². The second kappa shape index (κ2) is 13.1. The summed E-state index contributed by atoms with van der Waals surface area (Å²) in [5, 5.41) is 9.27. The Bertz CT molecular complexity index is 1020. The van der Waals surface area contributed by atoms with Gasteiger partial charge in [0.15, 0.2) is 11.5 Å². The number of aryl methyl sites for hydroxylation is 2. The molecule has 182 valence electrons. The Hall–Kier alpha value is -2.74. The van der Waals surface area contributed by atoms with Crippen molar-refractivity contribution in [2.45, 2.75) is 58.8 Å². The van der Waals surface area contributed by atoms with Crippen LogP contribution in [0, 0.1) is 0 Å². The Balaban J connectivity index is 2.05. The standard InChI is InChI=1S/C25H34O7S/c1-4-6-15-31-23-18-21(25(26)27)13-12-20(23)10-8-9-19-11-14-22(24(17-19)30-3)32-33(28,29)16-7-5-2/h11-14,17-18H,4-10,15-16H2,1-3H3,(H,26,27). The minimum atomic E-state index is -3.66. The van der Waals surface area contributed by atoms with Gasteiger partial charge < -0.3 is 18.8 Å². The van der Waals surface area contributed by atoms with Gasteiger partial charge in [0, 0.05) is 0 Å². The van der Waals surface area contributed by atoms with Crippen molar-refractivity contribution >= 4 is 16.1 Å². The van der Waals surface area contributed by atoms with Crippen molar-refractivity contribution in [3.63, 3.8) is 0 Å². The first-order chi connectivity index (χ1) is 15.8. The molecule has 0 unspecified atom stereocenters. The number of carbonyl (C=O) groups is 1. The van der Waals surface area contributed by atoms with Crippen LogP contribution in [0.25, 0.3) is 0 Å². The lowest BCUT2D eigenvalue weighted by Gasteiger charge is -2.13. The highest BCUT2D eigenvalue weighted by atomic mass is 32.2. The Morgan fingerprint density at radius 2 is 1.67 bits per heavy atom. The molecule has 2 rings (SSSR count). The maximum atomic E-state index is 12.1. The number of carboxylic acids is 1. The summed E-state index contributed by atoms with van der Waals surface area (Å²) < 4.78 is 40.6. The van der Waals surface area contributed by atoms with Crippen LogP contribution in [-0.4, -0.2) is 39.0 Å². The van der Waals surface area contributed by atoms with Crippen LogP contribution in [0.3, 0.4) is 0 Å². The van der Waals surface area contributed by atoms with Crippen LogP contribution in [0.15, 0.2) is 36.4 Å². The Morgan fingerprint density at radius 1 is 0.909 bits per heavy atom. The van der Waals surface area contributed by atoms with Crippen molar-refractivity contribution in [1.29, 1.82) is 0 Å². The second-order valence-electron chi connectivity index (χ2n) is 7.87. The van der Waals surface area contributed by atoms with E-state index in [0.29, 0.717) is 30.9 Å². The lowest BCUT2D eigenvalue weighted by molar-refractivity contribution is 0.0696. The molecule has 0 atom stereocenters. The molecule has 0 heterocycles. The Labute approximate surface area is 196 Å². The Kier molecular flexibility index (Phi) is 10.5. The van der Waals surface area contributed by atoms with Crippen molar-refractivity contribution in [2.75, 3.05) is 19.5 Å². The molecule has 7 nitrogen and oxygen atoms in total. The van der Waals surface area contributed by atoms with Crippen molar-refractivity contribution in [3.05, 3.63) is 53.1 Å². The summed E-state index contributed by atoms with van der Waals surface area (Å²) in [6, 6.07) is 10.2. The zero-order valence-electron chi connectivity index (χ0n) is 19.6. The number of aromatic carboxylic acids is 1. The third-order valence-corrected chi connectivity index (χ3v) is 6.40. The van der Waals surface area contributed by atoms with Crippen LogP contribution in [0.4, 0.5) is 0 Å². The highest BCUT2D eigenvalue weighted by molar-refractivity contribution is 7.87.